The van der Waals surface area contributed by atoms with Crippen molar-refractivity contribution >= 4 is 5.91 Å². The Labute approximate surface area is 163 Å². The Hall–Kier alpha value is -1.79. The molecule has 1 saturated heterocycles. The van der Waals surface area contributed by atoms with Crippen molar-refractivity contribution in [1.82, 2.24) is 10.2 Å². The van der Waals surface area contributed by atoms with Gasteiger partial charge in [-0.05, 0) is 58.4 Å². The van der Waals surface area contributed by atoms with E-state index in [4.69, 9.17) is 14.2 Å². The normalized spacial score (nSPS) is 17.0. The van der Waals surface area contributed by atoms with Gasteiger partial charge in [0.05, 0.1) is 13.2 Å². The lowest BCUT2D eigenvalue weighted by atomic mass is 10.0. The second kappa shape index (κ2) is 11.1. The van der Waals surface area contributed by atoms with Crippen molar-refractivity contribution in [1.29, 1.82) is 0 Å². The standard InChI is InChI=1S/C21H34N2O4/c1-5-26-19-10-9-17(14-20(19)27-13-7-12-25-4)21(24)23(16(2)3)18-8-6-11-22-15-18/h9-10,14,16,18,22H,5-8,11-13,15H2,1-4H3. The summed E-state index contributed by atoms with van der Waals surface area (Å²) in [5.74, 6) is 1.33. The van der Waals surface area contributed by atoms with Gasteiger partial charge in [-0.1, -0.05) is 0 Å². The molecule has 1 heterocycles. The maximum Gasteiger partial charge on any atom is 0.254 e. The van der Waals surface area contributed by atoms with Crippen LogP contribution in [0.25, 0.3) is 0 Å². The number of nitrogens with zero attached hydrogens (tertiary/aromatic N) is 1. The number of hydrogen-bond donors (Lipinski definition) is 1. The van der Waals surface area contributed by atoms with Gasteiger partial charge in [-0.15, -0.1) is 0 Å². The van der Waals surface area contributed by atoms with Gasteiger partial charge in [-0.25, -0.2) is 0 Å². The minimum Gasteiger partial charge on any atom is -0.490 e. The molecule has 1 amide bonds. The highest BCUT2D eigenvalue weighted by atomic mass is 16.5. The molecular formula is C21H34N2O4. The number of piperidine rings is 1. The predicted octanol–water partition coefficient (Wildman–Crippen LogP) is 3.10. The van der Waals surface area contributed by atoms with Crippen molar-refractivity contribution in [2.75, 3.05) is 40.0 Å². The second-order valence-corrected chi connectivity index (χ2v) is 7.10. The van der Waals surface area contributed by atoms with E-state index < -0.39 is 0 Å². The van der Waals surface area contributed by atoms with E-state index in [1.165, 1.54) is 0 Å². The van der Waals surface area contributed by atoms with Crippen molar-refractivity contribution in [3.63, 3.8) is 0 Å². The lowest BCUT2D eigenvalue weighted by Gasteiger charge is -2.37. The molecule has 1 aliphatic rings. The Morgan fingerprint density at radius 1 is 1.26 bits per heavy atom. The fourth-order valence-electron chi connectivity index (χ4n) is 3.46. The molecule has 0 aliphatic carbocycles. The molecule has 6 heteroatoms. The zero-order valence-corrected chi connectivity index (χ0v) is 17.1. The van der Waals surface area contributed by atoms with E-state index in [0.29, 0.717) is 36.9 Å². The number of ether oxygens (including phenoxy) is 3. The smallest absolute Gasteiger partial charge is 0.254 e. The monoisotopic (exact) mass is 378 g/mol. The van der Waals surface area contributed by atoms with Crippen molar-refractivity contribution in [2.24, 2.45) is 0 Å². The second-order valence-electron chi connectivity index (χ2n) is 7.10. The third-order valence-electron chi connectivity index (χ3n) is 4.70. The molecule has 1 aliphatic heterocycles. The molecule has 2 rings (SSSR count). The maximum absolute atomic E-state index is 13.3. The van der Waals surface area contributed by atoms with Crippen LogP contribution in [0, 0.1) is 0 Å². The maximum atomic E-state index is 13.3. The highest BCUT2D eigenvalue weighted by Crippen LogP contribution is 2.30. The summed E-state index contributed by atoms with van der Waals surface area (Å²) in [5, 5.41) is 3.40. The SMILES string of the molecule is CCOc1ccc(C(=O)N(C(C)C)C2CCCNC2)cc1OCCCOC. The summed E-state index contributed by atoms with van der Waals surface area (Å²) in [6.45, 7) is 9.66. The predicted molar refractivity (Wildman–Crippen MR) is 107 cm³/mol. The molecule has 6 nitrogen and oxygen atoms in total. The van der Waals surface area contributed by atoms with Gasteiger partial charge in [0, 0.05) is 44.3 Å². The highest BCUT2D eigenvalue weighted by Gasteiger charge is 2.28. The van der Waals surface area contributed by atoms with Crippen molar-refractivity contribution in [3.8, 4) is 11.5 Å². The Balaban J connectivity index is 2.19. The summed E-state index contributed by atoms with van der Waals surface area (Å²) in [6.07, 6.45) is 2.92. The minimum absolute atomic E-state index is 0.0449. The Bertz CT molecular complexity index is 586. The summed E-state index contributed by atoms with van der Waals surface area (Å²) in [4.78, 5) is 15.3. The number of benzene rings is 1. The summed E-state index contributed by atoms with van der Waals surface area (Å²) >= 11 is 0. The van der Waals surface area contributed by atoms with Crippen LogP contribution >= 0.6 is 0 Å². The number of carbonyl (C=O) groups is 1. The molecule has 0 bridgehead atoms. The average Bonchev–Trinajstić information content (AvgIpc) is 2.67. The quantitative estimate of drug-likeness (QED) is 0.634. The number of amides is 1. The summed E-state index contributed by atoms with van der Waals surface area (Å²) < 4.78 is 16.6. The fourth-order valence-corrected chi connectivity index (χ4v) is 3.46. The molecule has 0 saturated carbocycles. The van der Waals surface area contributed by atoms with Gasteiger partial charge < -0.3 is 24.4 Å². The van der Waals surface area contributed by atoms with Gasteiger partial charge in [0.25, 0.3) is 5.91 Å². The van der Waals surface area contributed by atoms with Gasteiger partial charge in [0.1, 0.15) is 0 Å². The lowest BCUT2D eigenvalue weighted by Crippen LogP contribution is -2.51. The van der Waals surface area contributed by atoms with Crippen molar-refractivity contribution < 1.29 is 19.0 Å². The first-order chi connectivity index (χ1) is 13.1. The Morgan fingerprint density at radius 2 is 2.07 bits per heavy atom. The average molecular weight is 379 g/mol. The number of carbonyl (C=O) groups excluding carboxylic acids is 1. The first-order valence-corrected chi connectivity index (χ1v) is 10.0. The molecule has 1 atom stereocenters. The van der Waals surface area contributed by atoms with E-state index in [1.54, 1.807) is 7.11 Å². The molecule has 1 unspecified atom stereocenters. The minimum atomic E-state index is 0.0449. The first-order valence-electron chi connectivity index (χ1n) is 10.0. The number of nitrogens with one attached hydrogen (secondary N) is 1. The fraction of sp³-hybridized carbons (Fsp3) is 0.667. The molecule has 1 fully saturated rings. The molecule has 0 spiro atoms. The molecule has 152 valence electrons. The highest BCUT2D eigenvalue weighted by molar-refractivity contribution is 5.95. The van der Waals surface area contributed by atoms with Crippen LogP contribution in [0.3, 0.4) is 0 Å². The van der Waals surface area contributed by atoms with E-state index in [-0.39, 0.29) is 18.0 Å². The van der Waals surface area contributed by atoms with Crippen LogP contribution in [0.5, 0.6) is 11.5 Å². The van der Waals surface area contributed by atoms with E-state index in [9.17, 15) is 4.79 Å². The Morgan fingerprint density at radius 3 is 2.70 bits per heavy atom. The van der Waals surface area contributed by atoms with E-state index in [1.807, 2.05) is 30.0 Å². The van der Waals surface area contributed by atoms with Crippen LogP contribution in [0.4, 0.5) is 0 Å². The lowest BCUT2D eigenvalue weighted by molar-refractivity contribution is 0.0573. The molecule has 1 N–H and O–H groups in total. The first kappa shape index (κ1) is 21.5. The van der Waals surface area contributed by atoms with Crippen LogP contribution in [0.1, 0.15) is 50.4 Å². The topological polar surface area (TPSA) is 60.0 Å². The van der Waals surface area contributed by atoms with Gasteiger partial charge >= 0.3 is 0 Å². The van der Waals surface area contributed by atoms with Crippen LogP contribution in [-0.4, -0.2) is 62.9 Å². The number of rotatable bonds is 10. The third kappa shape index (κ3) is 6.11. The molecule has 1 aromatic carbocycles. The molecule has 27 heavy (non-hydrogen) atoms. The molecule has 0 aromatic heterocycles. The third-order valence-corrected chi connectivity index (χ3v) is 4.70. The van der Waals surface area contributed by atoms with Crippen LogP contribution in [-0.2, 0) is 4.74 Å². The van der Waals surface area contributed by atoms with E-state index in [0.717, 1.165) is 32.4 Å². The van der Waals surface area contributed by atoms with Crippen LogP contribution < -0.4 is 14.8 Å². The van der Waals surface area contributed by atoms with E-state index >= 15 is 0 Å². The van der Waals surface area contributed by atoms with Crippen molar-refractivity contribution in [3.05, 3.63) is 23.8 Å². The number of methoxy groups -OCH3 is 1. The van der Waals surface area contributed by atoms with Crippen molar-refractivity contribution in [2.45, 2.75) is 52.1 Å². The molecular weight excluding hydrogens is 344 g/mol. The van der Waals surface area contributed by atoms with Crippen LogP contribution in [0.15, 0.2) is 18.2 Å². The largest absolute Gasteiger partial charge is 0.490 e. The summed E-state index contributed by atoms with van der Waals surface area (Å²) in [5.41, 5.74) is 0.638. The summed E-state index contributed by atoms with van der Waals surface area (Å²) in [6, 6.07) is 5.84. The van der Waals surface area contributed by atoms with Gasteiger partial charge in [0.15, 0.2) is 11.5 Å². The summed E-state index contributed by atoms with van der Waals surface area (Å²) in [7, 11) is 1.67. The van der Waals surface area contributed by atoms with E-state index in [2.05, 4.69) is 19.2 Å². The molecule has 1 aromatic rings. The van der Waals surface area contributed by atoms with Gasteiger partial charge in [0.2, 0.25) is 0 Å². The zero-order chi connectivity index (χ0) is 19.6. The molecule has 0 radical (unpaired) electrons. The van der Waals surface area contributed by atoms with Gasteiger partial charge in [-0.3, -0.25) is 4.79 Å². The van der Waals surface area contributed by atoms with Crippen LogP contribution in [0.2, 0.25) is 0 Å². The Kier molecular flexibility index (Phi) is 8.88. The number of hydrogen-bond acceptors (Lipinski definition) is 5. The van der Waals surface area contributed by atoms with Gasteiger partial charge in [-0.2, -0.15) is 0 Å². The zero-order valence-electron chi connectivity index (χ0n) is 17.1.